The van der Waals surface area contributed by atoms with Crippen molar-refractivity contribution in [3.8, 4) is 5.75 Å². The van der Waals surface area contributed by atoms with E-state index in [1.807, 2.05) is 7.05 Å². The second kappa shape index (κ2) is 8.46. The number of benzene rings is 1. The first-order valence-corrected chi connectivity index (χ1v) is 9.55. The molecule has 0 radical (unpaired) electrons. The summed E-state index contributed by atoms with van der Waals surface area (Å²) in [5.41, 5.74) is 0.318. The molecule has 0 aliphatic carbocycles. The van der Waals surface area contributed by atoms with E-state index in [0.717, 1.165) is 25.8 Å². The number of methoxy groups -OCH3 is 1. The first-order chi connectivity index (χ1) is 11.5. The second-order valence-corrected chi connectivity index (χ2v) is 7.60. The first kappa shape index (κ1) is 18.7. The van der Waals surface area contributed by atoms with Crippen LogP contribution >= 0.6 is 0 Å². The summed E-state index contributed by atoms with van der Waals surface area (Å²) in [5, 5.41) is 5.80. The monoisotopic (exact) mass is 355 g/mol. The fourth-order valence-electron chi connectivity index (χ4n) is 2.66. The van der Waals surface area contributed by atoms with Crippen molar-refractivity contribution in [1.82, 2.24) is 14.9 Å². The summed E-state index contributed by atoms with van der Waals surface area (Å²) >= 11 is 0. The van der Waals surface area contributed by atoms with E-state index in [0.29, 0.717) is 25.2 Å². The van der Waals surface area contributed by atoms with Gasteiger partial charge in [-0.25, -0.2) is 8.42 Å². The number of carbonyl (C=O) groups excluding carboxylic acids is 1. The summed E-state index contributed by atoms with van der Waals surface area (Å²) in [4.78, 5) is 12.3. The Morgan fingerprint density at radius 1 is 1.25 bits per heavy atom. The molecule has 1 aliphatic rings. The van der Waals surface area contributed by atoms with Gasteiger partial charge in [0.25, 0.3) is 5.91 Å². The van der Waals surface area contributed by atoms with Gasteiger partial charge in [-0.1, -0.05) is 0 Å². The molecule has 2 rings (SSSR count). The highest BCUT2D eigenvalue weighted by Crippen LogP contribution is 2.29. The van der Waals surface area contributed by atoms with E-state index >= 15 is 0 Å². The fraction of sp³-hybridized carbons (Fsp3) is 0.562. The molecule has 0 atom stereocenters. The fourth-order valence-corrected chi connectivity index (χ4v) is 4.35. The molecule has 0 spiro atoms. The molecule has 1 fully saturated rings. The summed E-state index contributed by atoms with van der Waals surface area (Å²) in [5.74, 6) is -0.0275. The number of amides is 1. The lowest BCUT2D eigenvalue weighted by atomic mass is 10.2. The minimum atomic E-state index is -3.65. The van der Waals surface area contributed by atoms with Crippen molar-refractivity contribution in [1.29, 1.82) is 0 Å². The molecule has 134 valence electrons. The highest BCUT2D eigenvalue weighted by Gasteiger charge is 2.30. The summed E-state index contributed by atoms with van der Waals surface area (Å²) < 4.78 is 32.2. The Labute approximate surface area is 143 Å². The van der Waals surface area contributed by atoms with Crippen LogP contribution in [0.5, 0.6) is 5.75 Å². The predicted octanol–water partition coefficient (Wildman–Crippen LogP) is 0.819. The Morgan fingerprint density at radius 3 is 2.58 bits per heavy atom. The van der Waals surface area contributed by atoms with E-state index in [1.54, 1.807) is 6.07 Å². The molecule has 2 N–H and O–H groups in total. The van der Waals surface area contributed by atoms with E-state index in [2.05, 4.69) is 10.6 Å². The Morgan fingerprint density at radius 2 is 1.96 bits per heavy atom. The first-order valence-electron chi connectivity index (χ1n) is 8.11. The number of ether oxygens (including phenoxy) is 1. The lowest BCUT2D eigenvalue weighted by Crippen LogP contribution is -2.29. The average Bonchev–Trinajstić information content (AvgIpc) is 3.13. The Bertz CT molecular complexity index is 670. The van der Waals surface area contributed by atoms with Crippen molar-refractivity contribution in [3.05, 3.63) is 23.8 Å². The van der Waals surface area contributed by atoms with Crippen LogP contribution in [0.15, 0.2) is 23.1 Å². The van der Waals surface area contributed by atoms with Gasteiger partial charge in [-0.05, 0) is 51.1 Å². The second-order valence-electron chi connectivity index (χ2n) is 5.69. The smallest absolute Gasteiger partial charge is 0.251 e. The van der Waals surface area contributed by atoms with Crippen LogP contribution in [0.1, 0.15) is 29.6 Å². The summed E-state index contributed by atoms with van der Waals surface area (Å²) in [6.07, 6.45) is 2.51. The lowest BCUT2D eigenvalue weighted by molar-refractivity contribution is 0.0953. The van der Waals surface area contributed by atoms with Gasteiger partial charge < -0.3 is 15.4 Å². The molecule has 0 bridgehead atoms. The Hall–Kier alpha value is -1.64. The van der Waals surface area contributed by atoms with E-state index in [9.17, 15) is 13.2 Å². The molecule has 1 amide bonds. The van der Waals surface area contributed by atoms with E-state index < -0.39 is 10.0 Å². The van der Waals surface area contributed by atoms with Gasteiger partial charge >= 0.3 is 0 Å². The third-order valence-electron chi connectivity index (χ3n) is 4.00. The van der Waals surface area contributed by atoms with Crippen LogP contribution in [0.3, 0.4) is 0 Å². The zero-order chi connectivity index (χ0) is 17.6. The van der Waals surface area contributed by atoms with Crippen LogP contribution < -0.4 is 15.4 Å². The van der Waals surface area contributed by atoms with Crippen LogP contribution in [-0.2, 0) is 10.0 Å². The molecule has 1 heterocycles. The molecule has 1 aliphatic heterocycles. The summed E-state index contributed by atoms with van der Waals surface area (Å²) in [7, 11) is -0.374. The standard InChI is InChI=1S/C16H25N3O4S/c1-17-8-5-9-18-16(20)13-6-7-14(23-2)15(12-13)24(21,22)19-10-3-4-11-19/h6-7,12,17H,3-5,8-11H2,1-2H3,(H,18,20). The predicted molar refractivity (Wildman–Crippen MR) is 91.9 cm³/mol. The van der Waals surface area contributed by atoms with Crippen LogP contribution in [0.4, 0.5) is 0 Å². The van der Waals surface area contributed by atoms with Crippen LogP contribution in [0.25, 0.3) is 0 Å². The van der Waals surface area contributed by atoms with Gasteiger partial charge in [-0.15, -0.1) is 0 Å². The SMILES string of the molecule is CNCCCNC(=O)c1ccc(OC)c(S(=O)(=O)N2CCCC2)c1. The molecule has 1 saturated heterocycles. The van der Waals surface area contributed by atoms with Gasteiger partial charge in [0, 0.05) is 25.2 Å². The number of carbonyl (C=O) groups is 1. The van der Waals surface area contributed by atoms with E-state index in [1.165, 1.54) is 23.5 Å². The number of sulfonamides is 1. The summed E-state index contributed by atoms with van der Waals surface area (Å²) in [6.45, 7) is 2.34. The van der Waals surface area contributed by atoms with Gasteiger partial charge in [0.05, 0.1) is 7.11 Å². The molecule has 1 aromatic rings. The number of hydrogen-bond donors (Lipinski definition) is 2. The van der Waals surface area contributed by atoms with Gasteiger partial charge in [-0.2, -0.15) is 4.31 Å². The minimum Gasteiger partial charge on any atom is -0.495 e. The van der Waals surface area contributed by atoms with Gasteiger partial charge in [0.1, 0.15) is 10.6 Å². The van der Waals surface area contributed by atoms with Gasteiger partial charge in [0.2, 0.25) is 10.0 Å². The number of hydrogen-bond acceptors (Lipinski definition) is 5. The molecule has 0 aromatic heterocycles. The lowest BCUT2D eigenvalue weighted by Gasteiger charge is -2.18. The highest BCUT2D eigenvalue weighted by atomic mass is 32.2. The van der Waals surface area contributed by atoms with E-state index in [4.69, 9.17) is 4.74 Å². The molecule has 0 unspecified atom stereocenters. The van der Waals surface area contributed by atoms with Gasteiger partial charge in [-0.3, -0.25) is 4.79 Å². The topological polar surface area (TPSA) is 87.7 Å². The van der Waals surface area contributed by atoms with Crippen molar-refractivity contribution >= 4 is 15.9 Å². The normalized spacial score (nSPS) is 15.4. The largest absolute Gasteiger partial charge is 0.495 e. The molecular formula is C16H25N3O4S. The van der Waals surface area contributed by atoms with Crippen molar-refractivity contribution in [2.45, 2.75) is 24.2 Å². The van der Waals surface area contributed by atoms with Crippen molar-refractivity contribution in [2.75, 3.05) is 40.3 Å². The molecule has 24 heavy (non-hydrogen) atoms. The average molecular weight is 355 g/mol. The maximum Gasteiger partial charge on any atom is 0.251 e. The van der Waals surface area contributed by atoms with Crippen molar-refractivity contribution in [2.24, 2.45) is 0 Å². The van der Waals surface area contributed by atoms with E-state index in [-0.39, 0.29) is 16.6 Å². The summed E-state index contributed by atoms with van der Waals surface area (Å²) in [6, 6.07) is 4.51. The maximum atomic E-state index is 12.8. The highest BCUT2D eigenvalue weighted by molar-refractivity contribution is 7.89. The zero-order valence-corrected chi connectivity index (χ0v) is 15.0. The Kier molecular flexibility index (Phi) is 6.59. The maximum absolute atomic E-state index is 12.8. The third-order valence-corrected chi connectivity index (χ3v) is 5.92. The molecule has 0 saturated carbocycles. The van der Waals surface area contributed by atoms with Crippen LogP contribution in [-0.4, -0.2) is 59.0 Å². The van der Waals surface area contributed by atoms with Gasteiger partial charge in [0.15, 0.2) is 0 Å². The van der Waals surface area contributed by atoms with Crippen LogP contribution in [0.2, 0.25) is 0 Å². The molecular weight excluding hydrogens is 330 g/mol. The molecule has 7 nitrogen and oxygen atoms in total. The minimum absolute atomic E-state index is 0.0507. The third kappa shape index (κ3) is 4.25. The molecule has 8 heteroatoms. The van der Waals surface area contributed by atoms with Crippen molar-refractivity contribution < 1.29 is 17.9 Å². The zero-order valence-electron chi connectivity index (χ0n) is 14.2. The van der Waals surface area contributed by atoms with Crippen molar-refractivity contribution in [3.63, 3.8) is 0 Å². The quantitative estimate of drug-likeness (QED) is 0.674. The molecule has 1 aromatic carbocycles. The number of rotatable bonds is 8. The Balaban J connectivity index is 2.22. The number of nitrogens with zero attached hydrogens (tertiary/aromatic N) is 1. The van der Waals surface area contributed by atoms with Crippen LogP contribution in [0, 0.1) is 0 Å². The number of nitrogens with one attached hydrogen (secondary N) is 2.